The number of benzene rings is 1. The van der Waals surface area contributed by atoms with Crippen molar-refractivity contribution in [2.45, 2.75) is 25.7 Å². The molecule has 0 aromatic heterocycles. The van der Waals surface area contributed by atoms with Gasteiger partial charge in [0.1, 0.15) is 0 Å². The second-order valence-electron chi connectivity index (χ2n) is 6.40. The van der Waals surface area contributed by atoms with Crippen LogP contribution in [0, 0.1) is 11.3 Å². The van der Waals surface area contributed by atoms with Gasteiger partial charge in [-0.3, -0.25) is 14.5 Å². The van der Waals surface area contributed by atoms with Crippen molar-refractivity contribution in [2.75, 3.05) is 6.54 Å². The van der Waals surface area contributed by atoms with Gasteiger partial charge in [-0.2, -0.15) is 0 Å². The molecule has 1 aromatic carbocycles. The summed E-state index contributed by atoms with van der Waals surface area (Å²) in [5.41, 5.74) is 0.756. The monoisotopic (exact) mass is 285 g/mol. The number of rotatable bonds is 4. The molecule has 0 bridgehead atoms. The van der Waals surface area contributed by atoms with Crippen molar-refractivity contribution >= 4 is 17.8 Å². The standard InChI is InChI=1S/C16H15NO4/c18-13-11-4-1-9(15(20)21)7-12(11)14(19)17(13)8-16(5-6-16)10-2-3-10/h1,4,7,10H,2-3,5-6,8H2,(H,20,21). The molecule has 4 rings (SSSR count). The summed E-state index contributed by atoms with van der Waals surface area (Å²) in [7, 11) is 0. The molecule has 1 aromatic rings. The normalized spacial score (nSPS) is 22.4. The maximum Gasteiger partial charge on any atom is 0.335 e. The lowest BCUT2D eigenvalue weighted by Crippen LogP contribution is -2.36. The maximum atomic E-state index is 12.4. The van der Waals surface area contributed by atoms with E-state index < -0.39 is 5.97 Å². The van der Waals surface area contributed by atoms with Gasteiger partial charge in [0.15, 0.2) is 0 Å². The smallest absolute Gasteiger partial charge is 0.335 e. The average Bonchev–Trinajstić information content (AvgIpc) is 3.35. The predicted molar refractivity (Wildman–Crippen MR) is 73.2 cm³/mol. The fraction of sp³-hybridized carbons (Fsp3) is 0.438. The molecular weight excluding hydrogens is 270 g/mol. The summed E-state index contributed by atoms with van der Waals surface area (Å²) in [5, 5.41) is 9.00. The number of nitrogens with zero attached hydrogens (tertiary/aromatic N) is 1. The van der Waals surface area contributed by atoms with Crippen LogP contribution in [0.25, 0.3) is 0 Å². The third-order valence-corrected chi connectivity index (χ3v) is 5.03. The van der Waals surface area contributed by atoms with Crippen LogP contribution in [0.5, 0.6) is 0 Å². The van der Waals surface area contributed by atoms with Crippen LogP contribution in [0.4, 0.5) is 0 Å². The highest BCUT2D eigenvalue weighted by Gasteiger charge is 2.56. The lowest BCUT2D eigenvalue weighted by Gasteiger charge is -2.21. The summed E-state index contributed by atoms with van der Waals surface area (Å²) in [6.07, 6.45) is 4.58. The number of imide groups is 1. The molecule has 2 amide bonds. The Morgan fingerprint density at radius 2 is 1.86 bits per heavy atom. The Hall–Kier alpha value is -2.17. The van der Waals surface area contributed by atoms with Gasteiger partial charge in [0, 0.05) is 6.54 Å². The number of fused-ring (bicyclic) bond motifs is 1. The highest BCUT2D eigenvalue weighted by Crippen LogP contribution is 2.61. The molecule has 5 heteroatoms. The van der Waals surface area contributed by atoms with Gasteiger partial charge in [0.25, 0.3) is 11.8 Å². The molecule has 0 unspecified atom stereocenters. The molecule has 2 saturated carbocycles. The van der Waals surface area contributed by atoms with E-state index >= 15 is 0 Å². The molecule has 0 radical (unpaired) electrons. The number of hydrogen-bond donors (Lipinski definition) is 1. The molecule has 3 aliphatic rings. The highest BCUT2D eigenvalue weighted by atomic mass is 16.4. The number of carboxylic acids is 1. The Kier molecular flexibility index (Phi) is 2.35. The molecule has 0 spiro atoms. The van der Waals surface area contributed by atoms with Gasteiger partial charge in [0.05, 0.1) is 16.7 Å². The second-order valence-corrected chi connectivity index (χ2v) is 6.40. The van der Waals surface area contributed by atoms with Crippen LogP contribution >= 0.6 is 0 Å². The Balaban J connectivity index is 1.65. The number of aromatic carboxylic acids is 1. The van der Waals surface area contributed by atoms with Gasteiger partial charge in [0.2, 0.25) is 0 Å². The number of carbonyl (C=O) groups excluding carboxylic acids is 2. The van der Waals surface area contributed by atoms with E-state index in [1.54, 1.807) is 0 Å². The van der Waals surface area contributed by atoms with E-state index in [0.29, 0.717) is 18.0 Å². The third kappa shape index (κ3) is 1.80. The average molecular weight is 285 g/mol. The lowest BCUT2D eigenvalue weighted by atomic mass is 10.00. The molecule has 1 N–H and O–H groups in total. The van der Waals surface area contributed by atoms with Gasteiger partial charge >= 0.3 is 5.97 Å². The number of carboxylic acid groups (broad SMARTS) is 1. The van der Waals surface area contributed by atoms with E-state index in [1.807, 2.05) is 0 Å². The summed E-state index contributed by atoms with van der Waals surface area (Å²) in [4.78, 5) is 37.2. The van der Waals surface area contributed by atoms with E-state index in [9.17, 15) is 14.4 Å². The molecule has 5 nitrogen and oxygen atoms in total. The number of amides is 2. The largest absolute Gasteiger partial charge is 0.478 e. The summed E-state index contributed by atoms with van der Waals surface area (Å²) in [6, 6.07) is 4.15. The minimum atomic E-state index is -1.09. The first-order chi connectivity index (χ1) is 10.0. The van der Waals surface area contributed by atoms with Crippen LogP contribution in [-0.4, -0.2) is 34.3 Å². The van der Waals surface area contributed by atoms with Crippen molar-refractivity contribution in [1.82, 2.24) is 4.90 Å². The first kappa shape index (κ1) is 12.6. The first-order valence-electron chi connectivity index (χ1n) is 7.25. The SMILES string of the molecule is O=C(O)c1ccc2c(c1)C(=O)N(CC1(C3CC3)CC1)C2=O. The van der Waals surface area contributed by atoms with Gasteiger partial charge in [-0.05, 0) is 55.2 Å². The second kappa shape index (κ2) is 3.93. The van der Waals surface area contributed by atoms with Gasteiger partial charge < -0.3 is 5.11 Å². The Morgan fingerprint density at radius 3 is 2.43 bits per heavy atom. The van der Waals surface area contributed by atoms with Gasteiger partial charge in [-0.15, -0.1) is 0 Å². The fourth-order valence-corrected chi connectivity index (χ4v) is 3.43. The zero-order valence-corrected chi connectivity index (χ0v) is 11.5. The lowest BCUT2D eigenvalue weighted by molar-refractivity contribution is 0.0611. The molecule has 2 aliphatic carbocycles. The van der Waals surface area contributed by atoms with Crippen molar-refractivity contribution in [1.29, 1.82) is 0 Å². The summed E-state index contributed by atoms with van der Waals surface area (Å²) in [6.45, 7) is 0.492. The molecule has 21 heavy (non-hydrogen) atoms. The molecule has 1 heterocycles. The molecule has 2 fully saturated rings. The Labute approximate surface area is 121 Å². The topological polar surface area (TPSA) is 74.7 Å². The molecule has 0 saturated heterocycles. The maximum absolute atomic E-state index is 12.4. The minimum absolute atomic E-state index is 0.0417. The quantitative estimate of drug-likeness (QED) is 0.860. The predicted octanol–water partition coefficient (Wildman–Crippen LogP) is 2.17. The van der Waals surface area contributed by atoms with Crippen LogP contribution < -0.4 is 0 Å². The van der Waals surface area contributed by atoms with Gasteiger partial charge in [-0.25, -0.2) is 4.79 Å². The zero-order chi connectivity index (χ0) is 14.8. The van der Waals surface area contributed by atoms with E-state index in [4.69, 9.17) is 5.11 Å². The Morgan fingerprint density at radius 1 is 1.19 bits per heavy atom. The summed E-state index contributed by atoms with van der Waals surface area (Å²) < 4.78 is 0. The van der Waals surface area contributed by atoms with E-state index in [2.05, 4.69) is 0 Å². The molecule has 1 aliphatic heterocycles. The van der Waals surface area contributed by atoms with Crippen LogP contribution in [0.3, 0.4) is 0 Å². The third-order valence-electron chi connectivity index (χ3n) is 5.03. The van der Waals surface area contributed by atoms with Crippen molar-refractivity contribution in [3.63, 3.8) is 0 Å². The fourth-order valence-electron chi connectivity index (χ4n) is 3.43. The van der Waals surface area contributed by atoms with Crippen molar-refractivity contribution in [3.8, 4) is 0 Å². The van der Waals surface area contributed by atoms with E-state index in [0.717, 1.165) is 12.8 Å². The van der Waals surface area contributed by atoms with E-state index in [1.165, 1.54) is 35.9 Å². The molecule has 0 atom stereocenters. The van der Waals surface area contributed by atoms with Crippen molar-refractivity contribution in [2.24, 2.45) is 11.3 Å². The van der Waals surface area contributed by atoms with Crippen LogP contribution in [0.2, 0.25) is 0 Å². The summed E-state index contributed by atoms with van der Waals surface area (Å²) >= 11 is 0. The van der Waals surface area contributed by atoms with Crippen LogP contribution in [-0.2, 0) is 0 Å². The first-order valence-corrected chi connectivity index (χ1v) is 7.25. The number of hydrogen-bond acceptors (Lipinski definition) is 3. The van der Waals surface area contributed by atoms with Crippen LogP contribution in [0.1, 0.15) is 56.8 Å². The molecular formula is C16H15NO4. The number of carbonyl (C=O) groups is 3. The summed E-state index contributed by atoms with van der Waals surface area (Å²) in [5.74, 6) is -1.05. The highest BCUT2D eigenvalue weighted by molar-refractivity contribution is 6.22. The Bertz CT molecular complexity index is 686. The van der Waals surface area contributed by atoms with Crippen molar-refractivity contribution in [3.05, 3.63) is 34.9 Å². The van der Waals surface area contributed by atoms with Crippen molar-refractivity contribution < 1.29 is 19.5 Å². The molecule has 108 valence electrons. The zero-order valence-electron chi connectivity index (χ0n) is 11.5. The van der Waals surface area contributed by atoms with E-state index in [-0.39, 0.29) is 28.4 Å². The van der Waals surface area contributed by atoms with Crippen LogP contribution in [0.15, 0.2) is 18.2 Å². The minimum Gasteiger partial charge on any atom is -0.478 e. The van der Waals surface area contributed by atoms with Gasteiger partial charge in [-0.1, -0.05) is 0 Å².